The molecule has 2 fully saturated rings. The molecule has 0 N–H and O–H groups in total. The van der Waals surface area contributed by atoms with Crippen LogP contribution in [0.1, 0.15) is 19.8 Å². The fraction of sp³-hybridized carbons (Fsp3) is 0.909. The maximum Gasteiger partial charge on any atom is 0.226 e. The molecule has 0 aromatic rings. The van der Waals surface area contributed by atoms with Crippen LogP contribution in [0.4, 0.5) is 0 Å². The van der Waals surface area contributed by atoms with E-state index in [9.17, 15) is 4.79 Å². The van der Waals surface area contributed by atoms with Crippen molar-refractivity contribution in [2.75, 3.05) is 33.2 Å². The van der Waals surface area contributed by atoms with Crippen LogP contribution in [-0.2, 0) is 4.79 Å². The Labute approximate surface area is 86.1 Å². The molecule has 80 valence electrons. The van der Waals surface area contributed by atoms with E-state index in [2.05, 4.69) is 18.9 Å². The predicted octanol–water partition coefficient (Wildman–Crippen LogP) is 0.806. The Bertz CT molecular complexity index is 215. The first-order valence-electron chi connectivity index (χ1n) is 5.64. The summed E-state index contributed by atoms with van der Waals surface area (Å²) in [5, 5.41) is 0. The lowest BCUT2D eigenvalue weighted by Gasteiger charge is -2.39. The van der Waals surface area contributed by atoms with Gasteiger partial charge >= 0.3 is 0 Å². The SMILES string of the molecule is C[C@@H]1C[C@H](C(=O)N2CCC2)CN(C)C1. The molecule has 2 aliphatic heterocycles. The third-order valence-electron chi connectivity index (χ3n) is 3.36. The molecule has 2 atom stereocenters. The van der Waals surface area contributed by atoms with Crippen molar-refractivity contribution in [3.05, 3.63) is 0 Å². The van der Waals surface area contributed by atoms with E-state index < -0.39 is 0 Å². The van der Waals surface area contributed by atoms with Crippen molar-refractivity contribution in [1.82, 2.24) is 9.80 Å². The lowest BCUT2D eigenvalue weighted by atomic mass is 9.89. The molecule has 0 saturated carbocycles. The Hall–Kier alpha value is -0.570. The first-order valence-corrected chi connectivity index (χ1v) is 5.64. The van der Waals surface area contributed by atoms with E-state index in [0.29, 0.717) is 11.8 Å². The van der Waals surface area contributed by atoms with Crippen molar-refractivity contribution < 1.29 is 4.79 Å². The number of piperidine rings is 1. The zero-order chi connectivity index (χ0) is 10.1. The van der Waals surface area contributed by atoms with Gasteiger partial charge in [-0.25, -0.2) is 0 Å². The summed E-state index contributed by atoms with van der Waals surface area (Å²) in [6.07, 6.45) is 2.28. The smallest absolute Gasteiger partial charge is 0.226 e. The number of rotatable bonds is 1. The van der Waals surface area contributed by atoms with Crippen LogP contribution in [0.3, 0.4) is 0 Å². The molecular formula is C11H20N2O. The van der Waals surface area contributed by atoms with Gasteiger partial charge < -0.3 is 9.80 Å². The Morgan fingerprint density at radius 3 is 2.50 bits per heavy atom. The number of carbonyl (C=O) groups excluding carboxylic acids is 1. The highest BCUT2D eigenvalue weighted by Gasteiger charge is 2.32. The number of carbonyl (C=O) groups is 1. The molecule has 0 aromatic heterocycles. The molecule has 0 aromatic carbocycles. The van der Waals surface area contributed by atoms with Crippen LogP contribution in [-0.4, -0.2) is 48.9 Å². The minimum absolute atomic E-state index is 0.268. The van der Waals surface area contributed by atoms with E-state index in [4.69, 9.17) is 0 Å². The maximum atomic E-state index is 12.0. The average molecular weight is 196 g/mol. The highest BCUT2D eigenvalue weighted by Crippen LogP contribution is 2.23. The normalized spacial score (nSPS) is 34.0. The number of hydrogen-bond donors (Lipinski definition) is 0. The Balaban J connectivity index is 1.92. The summed E-state index contributed by atoms with van der Waals surface area (Å²) in [5.41, 5.74) is 0. The van der Waals surface area contributed by atoms with Gasteiger partial charge in [0.15, 0.2) is 0 Å². The number of hydrogen-bond acceptors (Lipinski definition) is 2. The van der Waals surface area contributed by atoms with Crippen molar-refractivity contribution in [3.63, 3.8) is 0 Å². The lowest BCUT2D eigenvalue weighted by Crippen LogP contribution is -2.50. The fourth-order valence-corrected chi connectivity index (χ4v) is 2.59. The summed E-state index contributed by atoms with van der Waals surface area (Å²) in [5.74, 6) is 1.34. The second kappa shape index (κ2) is 3.89. The molecule has 0 radical (unpaired) electrons. The summed E-state index contributed by atoms with van der Waals surface area (Å²) in [7, 11) is 2.12. The third kappa shape index (κ3) is 1.92. The fourth-order valence-electron chi connectivity index (χ4n) is 2.59. The van der Waals surface area contributed by atoms with Gasteiger partial charge in [0.05, 0.1) is 5.92 Å². The molecule has 3 heteroatoms. The van der Waals surface area contributed by atoms with Crippen LogP contribution >= 0.6 is 0 Å². The van der Waals surface area contributed by atoms with Crippen LogP contribution in [0.2, 0.25) is 0 Å². The molecule has 1 amide bonds. The molecule has 2 rings (SSSR count). The molecule has 0 unspecified atom stereocenters. The summed E-state index contributed by atoms with van der Waals surface area (Å²) in [4.78, 5) is 16.3. The van der Waals surface area contributed by atoms with Gasteiger partial charge in [0.25, 0.3) is 0 Å². The molecule has 0 aliphatic carbocycles. The van der Waals surface area contributed by atoms with Crippen LogP contribution < -0.4 is 0 Å². The van der Waals surface area contributed by atoms with Gasteiger partial charge in [-0.2, -0.15) is 0 Å². The van der Waals surface area contributed by atoms with E-state index >= 15 is 0 Å². The lowest BCUT2D eigenvalue weighted by molar-refractivity contribution is -0.141. The standard InChI is InChI=1S/C11H20N2O/c1-9-6-10(8-12(2)7-9)11(14)13-4-3-5-13/h9-10H,3-8H2,1-2H3/t9-,10+/m1/s1. The largest absolute Gasteiger partial charge is 0.342 e. The quantitative estimate of drug-likeness (QED) is 0.619. The Morgan fingerprint density at radius 2 is 2.00 bits per heavy atom. The van der Waals surface area contributed by atoms with Gasteiger partial charge in [-0.15, -0.1) is 0 Å². The van der Waals surface area contributed by atoms with Crippen LogP contribution in [0.15, 0.2) is 0 Å². The zero-order valence-electron chi connectivity index (χ0n) is 9.20. The molecule has 2 aliphatic rings. The predicted molar refractivity (Wildman–Crippen MR) is 56.0 cm³/mol. The molecular weight excluding hydrogens is 176 g/mol. The minimum Gasteiger partial charge on any atom is -0.342 e. The highest BCUT2D eigenvalue weighted by atomic mass is 16.2. The first-order chi connectivity index (χ1) is 6.66. The monoisotopic (exact) mass is 196 g/mol. The number of nitrogens with zero attached hydrogens (tertiary/aromatic N) is 2. The summed E-state index contributed by atoms with van der Waals surface area (Å²) >= 11 is 0. The highest BCUT2D eigenvalue weighted by molar-refractivity contribution is 5.79. The Kier molecular flexibility index (Phi) is 2.77. The summed E-state index contributed by atoms with van der Waals surface area (Å²) < 4.78 is 0. The van der Waals surface area contributed by atoms with E-state index in [1.807, 2.05) is 4.90 Å². The van der Waals surface area contributed by atoms with Crippen molar-refractivity contribution in [2.24, 2.45) is 11.8 Å². The van der Waals surface area contributed by atoms with E-state index in [1.165, 1.54) is 6.42 Å². The molecule has 3 nitrogen and oxygen atoms in total. The van der Waals surface area contributed by atoms with Crippen LogP contribution in [0.5, 0.6) is 0 Å². The van der Waals surface area contributed by atoms with Gasteiger partial charge in [-0.3, -0.25) is 4.79 Å². The maximum absolute atomic E-state index is 12.0. The first kappa shape index (κ1) is 9.97. The third-order valence-corrected chi connectivity index (χ3v) is 3.36. The Morgan fingerprint density at radius 1 is 1.29 bits per heavy atom. The topological polar surface area (TPSA) is 23.6 Å². The molecule has 2 saturated heterocycles. The molecule has 0 bridgehead atoms. The van der Waals surface area contributed by atoms with Crippen molar-refractivity contribution in [3.8, 4) is 0 Å². The molecule has 2 heterocycles. The van der Waals surface area contributed by atoms with Crippen LogP contribution in [0, 0.1) is 11.8 Å². The average Bonchev–Trinajstić information content (AvgIpc) is 1.98. The van der Waals surface area contributed by atoms with Crippen LogP contribution in [0.25, 0.3) is 0 Å². The number of likely N-dealkylation sites (tertiary alicyclic amines) is 2. The van der Waals surface area contributed by atoms with E-state index in [1.54, 1.807) is 0 Å². The van der Waals surface area contributed by atoms with Gasteiger partial charge in [-0.05, 0) is 25.8 Å². The second-order valence-corrected chi connectivity index (χ2v) is 4.94. The summed E-state index contributed by atoms with van der Waals surface area (Å²) in [6, 6.07) is 0. The van der Waals surface area contributed by atoms with Crippen molar-refractivity contribution in [1.29, 1.82) is 0 Å². The van der Waals surface area contributed by atoms with Gasteiger partial charge in [-0.1, -0.05) is 6.92 Å². The van der Waals surface area contributed by atoms with Gasteiger partial charge in [0.2, 0.25) is 5.91 Å². The number of amides is 1. The van der Waals surface area contributed by atoms with Gasteiger partial charge in [0.1, 0.15) is 0 Å². The molecule has 0 spiro atoms. The van der Waals surface area contributed by atoms with E-state index in [0.717, 1.165) is 32.6 Å². The minimum atomic E-state index is 0.268. The van der Waals surface area contributed by atoms with E-state index in [-0.39, 0.29) is 5.92 Å². The van der Waals surface area contributed by atoms with Crippen molar-refractivity contribution in [2.45, 2.75) is 19.8 Å². The second-order valence-electron chi connectivity index (χ2n) is 4.94. The van der Waals surface area contributed by atoms with Gasteiger partial charge in [0, 0.05) is 26.2 Å². The zero-order valence-corrected chi connectivity index (χ0v) is 9.20. The summed E-state index contributed by atoms with van der Waals surface area (Å²) in [6.45, 7) is 6.33. The van der Waals surface area contributed by atoms with Crippen molar-refractivity contribution >= 4 is 5.91 Å². The molecule has 14 heavy (non-hydrogen) atoms.